The predicted molar refractivity (Wildman–Crippen MR) is 180 cm³/mol. The third-order valence-corrected chi connectivity index (χ3v) is 8.89. The molecule has 4 N–H and O–H groups in total. The van der Waals surface area contributed by atoms with Crippen molar-refractivity contribution in [1.29, 1.82) is 0 Å². The first-order chi connectivity index (χ1) is 22.3. The number of fused-ring (bicyclic) bond motifs is 2. The summed E-state index contributed by atoms with van der Waals surface area (Å²) in [7, 11) is 0. The van der Waals surface area contributed by atoms with Gasteiger partial charge in [-0.25, -0.2) is 0 Å². The van der Waals surface area contributed by atoms with Gasteiger partial charge in [-0.05, 0) is 53.9 Å². The third kappa shape index (κ3) is 6.39. The molecule has 2 atom stereocenters. The Morgan fingerprint density at radius 3 is 2.76 bits per heavy atom. The minimum atomic E-state index is -1.74. The fraction of sp³-hybridized carbons (Fsp3) is 0.257. The average molecular weight is 684 g/mol. The number of halogens is 1. The summed E-state index contributed by atoms with van der Waals surface area (Å²) in [5.41, 5.74) is 3.65. The highest BCUT2D eigenvalue weighted by Crippen LogP contribution is 2.46. The smallest absolute Gasteiger partial charge is 0.264 e. The number of nitrogens with zero attached hydrogens (tertiary/aromatic N) is 4. The SMILES string of the molecule is C[C@@H](/C=C/CCn1cc(CCO)nn1)[C@]1(O)C(=O)N(Cc2ccc(NC(=O)Cc3c[nH]c4ccccc34)cc2)c2ccc(Br)cc21. The van der Waals surface area contributed by atoms with E-state index < -0.39 is 17.4 Å². The Kier molecular flexibility index (Phi) is 9.16. The summed E-state index contributed by atoms with van der Waals surface area (Å²) in [5, 5.41) is 33.2. The summed E-state index contributed by atoms with van der Waals surface area (Å²) < 4.78 is 2.48. The maximum atomic E-state index is 13.9. The molecule has 236 valence electrons. The van der Waals surface area contributed by atoms with Crippen LogP contribution in [0.5, 0.6) is 0 Å². The first-order valence-electron chi connectivity index (χ1n) is 15.2. The van der Waals surface area contributed by atoms with Crippen LogP contribution < -0.4 is 10.2 Å². The number of aliphatic hydroxyl groups is 2. The van der Waals surface area contributed by atoms with Crippen LogP contribution in [0.15, 0.2) is 95.7 Å². The number of anilines is 2. The summed E-state index contributed by atoms with van der Waals surface area (Å²) in [6.07, 6.45) is 8.82. The van der Waals surface area contributed by atoms with Crippen LogP contribution in [0.3, 0.4) is 0 Å². The Morgan fingerprint density at radius 1 is 1.15 bits per heavy atom. The van der Waals surface area contributed by atoms with E-state index in [1.54, 1.807) is 15.8 Å². The van der Waals surface area contributed by atoms with Gasteiger partial charge in [-0.2, -0.15) is 0 Å². The Bertz CT molecular complexity index is 1900. The highest BCUT2D eigenvalue weighted by molar-refractivity contribution is 9.10. The number of aryl methyl sites for hydroxylation is 1. The highest BCUT2D eigenvalue weighted by atomic mass is 79.9. The number of allylic oxidation sites excluding steroid dienone is 1. The number of carbonyl (C=O) groups excluding carboxylic acids is 2. The highest BCUT2D eigenvalue weighted by Gasteiger charge is 2.52. The van der Waals surface area contributed by atoms with Crippen molar-refractivity contribution in [3.63, 3.8) is 0 Å². The number of aromatic amines is 1. The molecular formula is C35H35BrN6O4. The van der Waals surface area contributed by atoms with Gasteiger partial charge in [-0.3, -0.25) is 14.3 Å². The van der Waals surface area contributed by atoms with Crippen molar-refractivity contribution in [2.45, 2.75) is 44.9 Å². The van der Waals surface area contributed by atoms with Crippen LogP contribution in [0.2, 0.25) is 0 Å². The van der Waals surface area contributed by atoms with E-state index >= 15 is 0 Å². The number of para-hydroxylation sites is 1. The molecule has 0 aliphatic carbocycles. The molecule has 0 saturated carbocycles. The van der Waals surface area contributed by atoms with E-state index in [0.29, 0.717) is 36.3 Å². The van der Waals surface area contributed by atoms with E-state index in [2.05, 4.69) is 36.5 Å². The minimum absolute atomic E-state index is 0.0218. The lowest BCUT2D eigenvalue weighted by Crippen LogP contribution is -2.44. The third-order valence-electron chi connectivity index (χ3n) is 8.40. The molecule has 1 aliphatic heterocycles. The van der Waals surface area contributed by atoms with Crippen LogP contribution in [0.4, 0.5) is 11.4 Å². The fourth-order valence-corrected chi connectivity index (χ4v) is 6.29. The molecule has 6 rings (SSSR count). The van der Waals surface area contributed by atoms with Crippen molar-refractivity contribution in [1.82, 2.24) is 20.0 Å². The van der Waals surface area contributed by atoms with Crippen molar-refractivity contribution < 1.29 is 19.8 Å². The molecule has 1 aliphatic rings. The molecule has 0 spiro atoms. The zero-order chi connectivity index (χ0) is 32.3. The number of amides is 2. The molecule has 0 bridgehead atoms. The number of hydrogen-bond donors (Lipinski definition) is 4. The number of hydrogen-bond acceptors (Lipinski definition) is 6. The zero-order valence-corrected chi connectivity index (χ0v) is 26.9. The summed E-state index contributed by atoms with van der Waals surface area (Å²) in [5.74, 6) is -1.01. The van der Waals surface area contributed by atoms with E-state index in [-0.39, 0.29) is 25.5 Å². The summed E-state index contributed by atoms with van der Waals surface area (Å²) in [6, 6.07) is 20.8. The number of H-pyrrole nitrogens is 1. The quantitative estimate of drug-likeness (QED) is 0.133. The first-order valence-corrected chi connectivity index (χ1v) is 16.0. The molecule has 2 amide bonds. The van der Waals surface area contributed by atoms with Crippen LogP contribution in [-0.4, -0.2) is 48.6 Å². The van der Waals surface area contributed by atoms with E-state index in [1.807, 2.05) is 92.0 Å². The molecule has 3 aromatic carbocycles. The number of aliphatic hydroxyl groups excluding tert-OH is 1. The van der Waals surface area contributed by atoms with Crippen molar-refractivity contribution in [3.05, 3.63) is 118 Å². The number of rotatable bonds is 12. The van der Waals surface area contributed by atoms with Gasteiger partial charge in [0.15, 0.2) is 5.60 Å². The van der Waals surface area contributed by atoms with Gasteiger partial charge in [0.25, 0.3) is 5.91 Å². The van der Waals surface area contributed by atoms with Gasteiger partial charge in [0, 0.05) is 64.5 Å². The van der Waals surface area contributed by atoms with Crippen LogP contribution in [-0.2, 0) is 41.1 Å². The van der Waals surface area contributed by atoms with E-state index in [9.17, 15) is 14.7 Å². The lowest BCUT2D eigenvalue weighted by Gasteiger charge is -2.27. The van der Waals surface area contributed by atoms with Gasteiger partial charge in [-0.15, -0.1) is 5.10 Å². The van der Waals surface area contributed by atoms with Crippen LogP contribution in [0.1, 0.15) is 35.7 Å². The predicted octanol–water partition coefficient (Wildman–Crippen LogP) is 5.25. The molecular weight excluding hydrogens is 648 g/mol. The standard InChI is InChI=1S/C35H35BrN6O4/c1-23(6-4-5-16-41-22-28(15-17-43)39-40-41)35(46)30-19-26(36)11-14-32(30)42(34(35)45)21-24-9-12-27(13-10-24)38-33(44)18-25-20-37-31-8-3-2-7-29(25)31/h2-4,6-14,19-20,22-23,37,43,46H,5,15-18,21H2,1H3,(H,38,44)/b6-4+/t23-,35+/m0/s1. The monoisotopic (exact) mass is 682 g/mol. The zero-order valence-electron chi connectivity index (χ0n) is 25.4. The molecule has 46 heavy (non-hydrogen) atoms. The second-order valence-corrected chi connectivity index (χ2v) is 12.5. The number of aromatic nitrogens is 4. The Balaban J connectivity index is 1.12. The van der Waals surface area contributed by atoms with Crippen molar-refractivity contribution >= 4 is 50.0 Å². The second kappa shape index (κ2) is 13.4. The van der Waals surface area contributed by atoms with E-state index in [1.165, 1.54) is 0 Å². The number of benzene rings is 3. The number of nitrogens with one attached hydrogen (secondary N) is 2. The summed E-state index contributed by atoms with van der Waals surface area (Å²) in [4.78, 5) is 31.6. The maximum absolute atomic E-state index is 13.9. The molecule has 5 aromatic rings. The van der Waals surface area contributed by atoms with E-state index in [4.69, 9.17) is 5.11 Å². The summed E-state index contributed by atoms with van der Waals surface area (Å²) >= 11 is 3.51. The maximum Gasteiger partial charge on any atom is 0.264 e. The van der Waals surface area contributed by atoms with Gasteiger partial charge in [-0.1, -0.05) is 70.6 Å². The fourth-order valence-electron chi connectivity index (χ4n) is 5.93. The topological polar surface area (TPSA) is 136 Å². The van der Waals surface area contributed by atoms with Gasteiger partial charge in [0.1, 0.15) is 0 Å². The first kappa shape index (κ1) is 31.4. The minimum Gasteiger partial charge on any atom is -0.396 e. The van der Waals surface area contributed by atoms with Gasteiger partial charge >= 0.3 is 0 Å². The van der Waals surface area contributed by atoms with Gasteiger partial charge in [0.2, 0.25) is 5.91 Å². The van der Waals surface area contributed by atoms with Gasteiger partial charge in [0.05, 0.1) is 24.3 Å². The van der Waals surface area contributed by atoms with Crippen LogP contribution in [0.25, 0.3) is 10.9 Å². The van der Waals surface area contributed by atoms with Gasteiger partial charge < -0.3 is 25.4 Å². The summed E-state index contributed by atoms with van der Waals surface area (Å²) in [6.45, 7) is 2.71. The molecule has 0 fully saturated rings. The molecule has 0 saturated heterocycles. The second-order valence-electron chi connectivity index (χ2n) is 11.6. The number of carbonyl (C=O) groups is 2. The molecule has 10 nitrogen and oxygen atoms in total. The molecule has 0 unspecified atom stereocenters. The Labute approximate surface area is 274 Å². The molecule has 11 heteroatoms. The molecule has 3 heterocycles. The van der Waals surface area contributed by atoms with Crippen molar-refractivity contribution in [2.75, 3.05) is 16.8 Å². The molecule has 2 aromatic heterocycles. The van der Waals surface area contributed by atoms with Crippen molar-refractivity contribution in [3.8, 4) is 0 Å². The molecule has 0 radical (unpaired) electrons. The van der Waals surface area contributed by atoms with Crippen LogP contribution >= 0.6 is 15.9 Å². The lowest BCUT2D eigenvalue weighted by molar-refractivity contribution is -0.139. The van der Waals surface area contributed by atoms with Crippen molar-refractivity contribution in [2.24, 2.45) is 5.92 Å². The normalized spacial score (nSPS) is 16.8. The average Bonchev–Trinajstić information content (AvgIpc) is 3.73. The Hall–Kier alpha value is -4.58. The Morgan fingerprint density at radius 2 is 1.96 bits per heavy atom. The largest absolute Gasteiger partial charge is 0.396 e. The van der Waals surface area contributed by atoms with Crippen LogP contribution in [0, 0.1) is 5.92 Å². The lowest BCUT2D eigenvalue weighted by atomic mass is 9.83. The van der Waals surface area contributed by atoms with E-state index in [0.717, 1.165) is 32.2 Å².